The summed E-state index contributed by atoms with van der Waals surface area (Å²) in [5.74, 6) is -2.72. The summed E-state index contributed by atoms with van der Waals surface area (Å²) in [6.45, 7) is 2.40. The normalized spacial score (nSPS) is 20.1. The minimum Gasteiger partial charge on any atom is -0.478 e. The maximum Gasteiger partial charge on any atom is 0.335 e. The number of hydrogen-bond donors (Lipinski definition) is 2. The Labute approximate surface area is 150 Å². The van der Waals surface area contributed by atoms with E-state index in [2.05, 4.69) is 5.32 Å². The molecular formula is C18H22FN3O4. The Kier molecular flexibility index (Phi) is 5.39. The van der Waals surface area contributed by atoms with E-state index in [0.29, 0.717) is 25.9 Å². The molecule has 1 unspecified atom stereocenters. The van der Waals surface area contributed by atoms with E-state index in [9.17, 15) is 18.8 Å². The number of urea groups is 1. The molecule has 2 aliphatic heterocycles. The summed E-state index contributed by atoms with van der Waals surface area (Å²) in [5, 5.41) is 11.5. The van der Waals surface area contributed by atoms with Crippen molar-refractivity contribution < 1.29 is 23.9 Å². The molecule has 0 radical (unpaired) electrons. The minimum atomic E-state index is -1.19. The number of nitrogens with zero attached hydrogens (tertiary/aromatic N) is 2. The molecular weight excluding hydrogens is 341 g/mol. The maximum absolute atomic E-state index is 13.9. The van der Waals surface area contributed by atoms with Crippen molar-refractivity contribution in [2.45, 2.75) is 25.7 Å². The molecule has 2 N–H and O–H groups in total. The number of likely N-dealkylation sites (tertiary alicyclic amines) is 2. The number of nitrogens with one attached hydrogen (secondary N) is 1. The van der Waals surface area contributed by atoms with Gasteiger partial charge in [-0.2, -0.15) is 0 Å². The number of carbonyl (C=O) groups is 3. The monoisotopic (exact) mass is 363 g/mol. The second-order valence-corrected chi connectivity index (χ2v) is 6.75. The fourth-order valence-corrected chi connectivity index (χ4v) is 3.46. The number of hydrogen-bond acceptors (Lipinski definition) is 3. The lowest BCUT2D eigenvalue weighted by atomic mass is 9.97. The van der Waals surface area contributed by atoms with Crippen LogP contribution in [0.4, 0.5) is 14.9 Å². The molecule has 1 aromatic rings. The molecule has 26 heavy (non-hydrogen) atoms. The zero-order valence-corrected chi connectivity index (χ0v) is 14.4. The summed E-state index contributed by atoms with van der Waals surface area (Å²) in [5.41, 5.74) is -0.255. The van der Waals surface area contributed by atoms with Gasteiger partial charge < -0.3 is 20.2 Å². The first-order valence-corrected chi connectivity index (χ1v) is 8.83. The average molecular weight is 363 g/mol. The van der Waals surface area contributed by atoms with Crippen molar-refractivity contribution >= 4 is 23.6 Å². The van der Waals surface area contributed by atoms with Crippen LogP contribution < -0.4 is 5.32 Å². The fraction of sp³-hybridized carbons (Fsp3) is 0.500. The molecule has 140 valence electrons. The van der Waals surface area contributed by atoms with Crippen LogP contribution >= 0.6 is 0 Å². The van der Waals surface area contributed by atoms with Gasteiger partial charge in [0.05, 0.1) is 17.2 Å². The quantitative estimate of drug-likeness (QED) is 0.863. The van der Waals surface area contributed by atoms with Gasteiger partial charge in [-0.1, -0.05) is 0 Å². The first-order valence-electron chi connectivity index (χ1n) is 8.83. The lowest BCUT2D eigenvalue weighted by molar-refractivity contribution is -0.121. The Morgan fingerprint density at radius 3 is 2.46 bits per heavy atom. The van der Waals surface area contributed by atoms with Crippen molar-refractivity contribution in [2.24, 2.45) is 5.92 Å². The molecule has 1 aromatic carbocycles. The summed E-state index contributed by atoms with van der Waals surface area (Å²) >= 11 is 0. The predicted octanol–water partition coefficient (Wildman–Crippen LogP) is 2.39. The summed E-state index contributed by atoms with van der Waals surface area (Å²) in [4.78, 5) is 39.5. The first kappa shape index (κ1) is 18.2. The Bertz CT molecular complexity index is 718. The van der Waals surface area contributed by atoms with Gasteiger partial charge in [0, 0.05) is 26.2 Å². The molecule has 2 aliphatic rings. The highest BCUT2D eigenvalue weighted by atomic mass is 19.1. The Hall–Kier alpha value is -2.64. The third kappa shape index (κ3) is 3.95. The number of carboxylic acid groups (broad SMARTS) is 1. The van der Waals surface area contributed by atoms with Crippen LogP contribution in [0.2, 0.25) is 0 Å². The Morgan fingerprint density at radius 1 is 1.08 bits per heavy atom. The van der Waals surface area contributed by atoms with Crippen molar-refractivity contribution in [3.8, 4) is 0 Å². The summed E-state index contributed by atoms with van der Waals surface area (Å²) < 4.78 is 13.9. The second kappa shape index (κ2) is 7.72. The van der Waals surface area contributed by atoms with Gasteiger partial charge in [-0.15, -0.1) is 0 Å². The van der Waals surface area contributed by atoms with E-state index in [1.54, 1.807) is 9.80 Å². The lowest BCUT2D eigenvalue weighted by Crippen LogP contribution is -2.48. The number of amides is 3. The van der Waals surface area contributed by atoms with Crippen molar-refractivity contribution in [2.75, 3.05) is 31.5 Å². The Morgan fingerprint density at radius 2 is 1.77 bits per heavy atom. The topological polar surface area (TPSA) is 90.0 Å². The van der Waals surface area contributed by atoms with Gasteiger partial charge in [-0.25, -0.2) is 14.0 Å². The van der Waals surface area contributed by atoms with Crippen LogP contribution in [0.25, 0.3) is 0 Å². The molecule has 0 aliphatic carbocycles. The zero-order chi connectivity index (χ0) is 18.7. The number of halogens is 1. The fourth-order valence-electron chi connectivity index (χ4n) is 3.46. The number of rotatable bonds is 3. The van der Waals surface area contributed by atoms with Crippen LogP contribution in [-0.4, -0.2) is 59.0 Å². The summed E-state index contributed by atoms with van der Waals surface area (Å²) in [6.07, 6.45) is 3.32. The minimum absolute atomic E-state index is 0.0425. The standard InChI is InChI=1S/C18H22FN3O4/c19-14-6-5-12(17(24)25)10-15(14)20-16(23)13-4-3-9-22(11-13)18(26)21-7-1-2-8-21/h5-6,10,13H,1-4,7-9,11H2,(H,20,23)(H,24,25). The molecule has 2 saturated heterocycles. The molecule has 1 atom stereocenters. The number of carboxylic acids is 1. The molecule has 7 nitrogen and oxygen atoms in total. The highest BCUT2D eigenvalue weighted by Crippen LogP contribution is 2.23. The number of aromatic carboxylic acids is 1. The highest BCUT2D eigenvalue weighted by Gasteiger charge is 2.31. The third-order valence-corrected chi connectivity index (χ3v) is 4.91. The molecule has 0 spiro atoms. The van der Waals surface area contributed by atoms with Gasteiger partial charge in [0.2, 0.25) is 5.91 Å². The smallest absolute Gasteiger partial charge is 0.335 e. The molecule has 2 fully saturated rings. The van der Waals surface area contributed by atoms with Crippen LogP contribution in [0.5, 0.6) is 0 Å². The summed E-state index contributed by atoms with van der Waals surface area (Å²) in [6, 6.07) is 3.22. The number of carbonyl (C=O) groups excluding carboxylic acids is 2. The number of benzene rings is 1. The van der Waals surface area contributed by atoms with Crippen LogP contribution in [0.3, 0.4) is 0 Å². The molecule has 0 aromatic heterocycles. The predicted molar refractivity (Wildman–Crippen MR) is 92.5 cm³/mol. The number of anilines is 1. The van der Waals surface area contributed by atoms with Gasteiger partial charge in [-0.3, -0.25) is 4.79 Å². The SMILES string of the molecule is O=C(O)c1ccc(F)c(NC(=O)C2CCCN(C(=O)N3CCCC3)C2)c1. The van der Waals surface area contributed by atoms with E-state index in [1.807, 2.05) is 0 Å². The van der Waals surface area contributed by atoms with Gasteiger partial charge in [-0.05, 0) is 43.9 Å². The van der Waals surface area contributed by atoms with Crippen LogP contribution in [0.15, 0.2) is 18.2 Å². The van der Waals surface area contributed by atoms with E-state index >= 15 is 0 Å². The molecule has 3 amide bonds. The largest absolute Gasteiger partial charge is 0.478 e. The zero-order valence-electron chi connectivity index (χ0n) is 14.4. The van der Waals surface area contributed by atoms with E-state index in [-0.39, 0.29) is 17.3 Å². The number of piperidine rings is 1. The molecule has 0 bridgehead atoms. The van der Waals surface area contributed by atoms with E-state index < -0.39 is 23.6 Å². The molecule has 8 heteroatoms. The third-order valence-electron chi connectivity index (χ3n) is 4.91. The van der Waals surface area contributed by atoms with Gasteiger partial charge in [0.1, 0.15) is 5.82 Å². The van der Waals surface area contributed by atoms with E-state index in [0.717, 1.165) is 44.1 Å². The van der Waals surface area contributed by atoms with Crippen molar-refractivity contribution in [1.29, 1.82) is 0 Å². The van der Waals surface area contributed by atoms with Crippen molar-refractivity contribution in [3.63, 3.8) is 0 Å². The lowest BCUT2D eigenvalue weighted by Gasteiger charge is -2.34. The second-order valence-electron chi connectivity index (χ2n) is 6.75. The summed E-state index contributed by atoms with van der Waals surface area (Å²) in [7, 11) is 0. The van der Waals surface area contributed by atoms with Gasteiger partial charge >= 0.3 is 12.0 Å². The van der Waals surface area contributed by atoms with Gasteiger partial charge in [0.15, 0.2) is 0 Å². The Balaban J connectivity index is 1.65. The van der Waals surface area contributed by atoms with Crippen LogP contribution in [0, 0.1) is 11.7 Å². The van der Waals surface area contributed by atoms with Crippen LogP contribution in [-0.2, 0) is 4.79 Å². The molecule has 3 rings (SSSR count). The van der Waals surface area contributed by atoms with Crippen molar-refractivity contribution in [3.05, 3.63) is 29.6 Å². The molecule has 0 saturated carbocycles. The average Bonchev–Trinajstić information content (AvgIpc) is 3.17. The van der Waals surface area contributed by atoms with Crippen molar-refractivity contribution in [1.82, 2.24) is 9.80 Å². The van der Waals surface area contributed by atoms with E-state index in [1.165, 1.54) is 0 Å². The highest BCUT2D eigenvalue weighted by molar-refractivity contribution is 5.95. The van der Waals surface area contributed by atoms with Crippen LogP contribution in [0.1, 0.15) is 36.0 Å². The van der Waals surface area contributed by atoms with Gasteiger partial charge in [0.25, 0.3) is 0 Å². The molecule has 2 heterocycles. The maximum atomic E-state index is 13.9. The first-order chi connectivity index (χ1) is 12.5. The van der Waals surface area contributed by atoms with E-state index in [4.69, 9.17) is 5.11 Å².